The fraction of sp³-hybridized carbons (Fsp3) is 0.571. The van der Waals surface area contributed by atoms with Gasteiger partial charge in [0, 0.05) is 5.56 Å². The van der Waals surface area contributed by atoms with Crippen molar-refractivity contribution in [1.29, 1.82) is 0 Å². The molecule has 106 valence electrons. The van der Waals surface area contributed by atoms with Crippen LogP contribution >= 0.6 is 0 Å². The summed E-state index contributed by atoms with van der Waals surface area (Å²) in [4.78, 5) is 0.0671. The summed E-state index contributed by atoms with van der Waals surface area (Å²) in [6.07, 6.45) is 2.36. The molecule has 4 nitrogen and oxygen atoms in total. The zero-order chi connectivity index (χ0) is 14.3. The van der Waals surface area contributed by atoms with Gasteiger partial charge in [0.25, 0.3) is 10.1 Å². The van der Waals surface area contributed by atoms with Gasteiger partial charge in [-0.15, -0.1) is 0 Å². The molecule has 5 heteroatoms. The Morgan fingerprint density at radius 1 is 1.32 bits per heavy atom. The SMILES string of the molecule is Cc1ccc(S(=O)(=O)OC2CCC2)c(C(C)(C)O)c1. The van der Waals surface area contributed by atoms with Crippen LogP contribution in [-0.2, 0) is 19.9 Å². The quantitative estimate of drug-likeness (QED) is 0.863. The molecular formula is C14H20O4S. The standard InChI is InChI=1S/C14H20O4S/c1-10-7-8-13(12(9-10)14(2,3)15)19(16,17)18-11-5-4-6-11/h7-9,11,15H,4-6H2,1-3H3. The number of hydrogen-bond acceptors (Lipinski definition) is 4. The number of rotatable bonds is 4. The van der Waals surface area contributed by atoms with Gasteiger partial charge in [-0.05, 0) is 46.1 Å². The highest BCUT2D eigenvalue weighted by Gasteiger charge is 2.31. The molecule has 1 aromatic rings. The Balaban J connectivity index is 2.43. The molecule has 1 aliphatic carbocycles. The summed E-state index contributed by atoms with van der Waals surface area (Å²) in [5.41, 5.74) is 0.0590. The monoisotopic (exact) mass is 284 g/mol. The number of benzene rings is 1. The Morgan fingerprint density at radius 2 is 1.95 bits per heavy atom. The molecule has 0 radical (unpaired) electrons. The van der Waals surface area contributed by atoms with Crippen LogP contribution in [0.5, 0.6) is 0 Å². The molecular weight excluding hydrogens is 264 g/mol. The first-order valence-corrected chi connectivity index (χ1v) is 7.88. The number of aliphatic hydroxyl groups is 1. The van der Waals surface area contributed by atoms with Crippen LogP contribution in [0, 0.1) is 6.92 Å². The van der Waals surface area contributed by atoms with E-state index in [0.717, 1.165) is 24.8 Å². The molecule has 1 N–H and O–H groups in total. The predicted molar refractivity (Wildman–Crippen MR) is 72.3 cm³/mol. The minimum atomic E-state index is -3.81. The molecule has 0 unspecified atom stereocenters. The lowest BCUT2D eigenvalue weighted by Gasteiger charge is -2.27. The van der Waals surface area contributed by atoms with E-state index in [1.54, 1.807) is 26.0 Å². The Bertz CT molecular complexity index is 566. The van der Waals surface area contributed by atoms with Gasteiger partial charge >= 0.3 is 0 Å². The average Bonchev–Trinajstić information content (AvgIpc) is 2.22. The molecule has 19 heavy (non-hydrogen) atoms. The molecule has 1 fully saturated rings. The fourth-order valence-electron chi connectivity index (χ4n) is 2.04. The van der Waals surface area contributed by atoms with E-state index in [1.807, 2.05) is 6.92 Å². The Kier molecular flexibility index (Phi) is 3.73. The van der Waals surface area contributed by atoms with E-state index in [-0.39, 0.29) is 11.0 Å². The summed E-state index contributed by atoms with van der Waals surface area (Å²) in [7, 11) is -3.81. The first kappa shape index (κ1) is 14.5. The van der Waals surface area contributed by atoms with Gasteiger partial charge in [-0.25, -0.2) is 0 Å². The largest absolute Gasteiger partial charge is 0.386 e. The zero-order valence-electron chi connectivity index (χ0n) is 11.5. The lowest BCUT2D eigenvalue weighted by molar-refractivity contribution is 0.0742. The van der Waals surface area contributed by atoms with Crippen LogP contribution in [-0.4, -0.2) is 19.6 Å². The van der Waals surface area contributed by atoms with Crippen molar-refractivity contribution in [1.82, 2.24) is 0 Å². The third-order valence-electron chi connectivity index (χ3n) is 3.38. The molecule has 2 rings (SSSR count). The van der Waals surface area contributed by atoms with Crippen molar-refractivity contribution in [3.8, 4) is 0 Å². The highest BCUT2D eigenvalue weighted by atomic mass is 32.2. The van der Waals surface area contributed by atoms with Gasteiger partial charge in [0.1, 0.15) is 4.90 Å². The Hall–Kier alpha value is -0.910. The maximum atomic E-state index is 12.3. The van der Waals surface area contributed by atoms with Gasteiger partial charge in [0.2, 0.25) is 0 Å². The normalized spacial score (nSPS) is 17.3. The molecule has 0 saturated heterocycles. The summed E-state index contributed by atoms with van der Waals surface area (Å²) in [5, 5.41) is 10.1. The summed E-state index contributed by atoms with van der Waals surface area (Å²) in [5.74, 6) is 0. The van der Waals surface area contributed by atoms with E-state index < -0.39 is 15.7 Å². The van der Waals surface area contributed by atoms with Gasteiger partial charge in [-0.3, -0.25) is 4.18 Å². The first-order valence-electron chi connectivity index (χ1n) is 6.47. The zero-order valence-corrected chi connectivity index (χ0v) is 12.3. The minimum Gasteiger partial charge on any atom is -0.386 e. The Morgan fingerprint density at radius 3 is 2.42 bits per heavy atom. The van der Waals surface area contributed by atoms with E-state index in [9.17, 15) is 13.5 Å². The van der Waals surface area contributed by atoms with Crippen LogP contribution in [0.2, 0.25) is 0 Å². The molecule has 1 saturated carbocycles. The van der Waals surface area contributed by atoms with Crippen molar-refractivity contribution in [2.24, 2.45) is 0 Å². The van der Waals surface area contributed by atoms with Gasteiger partial charge in [0.05, 0.1) is 11.7 Å². The molecule has 0 aromatic heterocycles. The molecule has 1 aliphatic rings. The molecule has 0 aliphatic heterocycles. The molecule has 0 atom stereocenters. The van der Waals surface area contributed by atoms with Gasteiger partial charge < -0.3 is 5.11 Å². The molecule has 0 amide bonds. The van der Waals surface area contributed by atoms with E-state index in [0.29, 0.717) is 5.56 Å². The van der Waals surface area contributed by atoms with Crippen LogP contribution in [0.3, 0.4) is 0 Å². The molecule has 0 heterocycles. The van der Waals surface area contributed by atoms with Crippen molar-refractivity contribution >= 4 is 10.1 Å². The van der Waals surface area contributed by atoms with Crippen LogP contribution in [0.25, 0.3) is 0 Å². The highest BCUT2D eigenvalue weighted by Crippen LogP contribution is 2.32. The van der Waals surface area contributed by atoms with E-state index >= 15 is 0 Å². The summed E-state index contributed by atoms with van der Waals surface area (Å²) in [6.45, 7) is 5.01. The molecule has 0 bridgehead atoms. The first-order chi connectivity index (χ1) is 8.70. The van der Waals surface area contributed by atoms with Crippen LogP contribution < -0.4 is 0 Å². The lowest BCUT2D eigenvalue weighted by atomic mass is 9.97. The lowest BCUT2D eigenvalue weighted by Crippen LogP contribution is -2.27. The van der Waals surface area contributed by atoms with Crippen LogP contribution in [0.4, 0.5) is 0 Å². The van der Waals surface area contributed by atoms with Crippen molar-refractivity contribution < 1.29 is 17.7 Å². The van der Waals surface area contributed by atoms with E-state index in [4.69, 9.17) is 4.18 Å². The minimum absolute atomic E-state index is 0.0671. The van der Waals surface area contributed by atoms with Crippen LogP contribution in [0.1, 0.15) is 44.2 Å². The predicted octanol–water partition coefficient (Wildman–Crippen LogP) is 2.48. The average molecular weight is 284 g/mol. The van der Waals surface area contributed by atoms with E-state index in [1.165, 1.54) is 6.07 Å². The fourth-order valence-corrected chi connectivity index (χ4v) is 3.51. The van der Waals surface area contributed by atoms with Crippen molar-refractivity contribution in [3.05, 3.63) is 29.3 Å². The van der Waals surface area contributed by atoms with Crippen molar-refractivity contribution in [2.45, 2.75) is 56.6 Å². The molecule has 1 aromatic carbocycles. The van der Waals surface area contributed by atoms with E-state index in [2.05, 4.69) is 0 Å². The smallest absolute Gasteiger partial charge is 0.297 e. The maximum Gasteiger partial charge on any atom is 0.297 e. The maximum absolute atomic E-state index is 12.3. The highest BCUT2D eigenvalue weighted by molar-refractivity contribution is 7.86. The van der Waals surface area contributed by atoms with Crippen LogP contribution in [0.15, 0.2) is 23.1 Å². The van der Waals surface area contributed by atoms with Crippen molar-refractivity contribution in [3.63, 3.8) is 0 Å². The molecule has 0 spiro atoms. The van der Waals surface area contributed by atoms with Gasteiger partial charge in [-0.2, -0.15) is 8.42 Å². The number of aryl methyl sites for hydroxylation is 1. The summed E-state index contributed by atoms with van der Waals surface area (Å²) < 4.78 is 29.8. The third-order valence-corrected chi connectivity index (χ3v) is 4.80. The van der Waals surface area contributed by atoms with Gasteiger partial charge in [0.15, 0.2) is 0 Å². The van der Waals surface area contributed by atoms with Crippen molar-refractivity contribution in [2.75, 3.05) is 0 Å². The number of hydrogen-bond donors (Lipinski definition) is 1. The second-order valence-electron chi connectivity index (χ2n) is 5.66. The third kappa shape index (κ3) is 3.16. The second-order valence-corrected chi connectivity index (χ2v) is 7.20. The summed E-state index contributed by atoms with van der Waals surface area (Å²) >= 11 is 0. The second kappa shape index (κ2) is 4.89. The van der Waals surface area contributed by atoms with Gasteiger partial charge in [-0.1, -0.05) is 17.7 Å². The topological polar surface area (TPSA) is 63.6 Å². The summed E-state index contributed by atoms with van der Waals surface area (Å²) in [6, 6.07) is 4.92. The Labute approximate surface area is 114 Å².